The molecule has 2 radical (unpaired) electrons. The molecule has 0 N–H and O–H groups in total. The van der Waals surface area contributed by atoms with Gasteiger partial charge >= 0.3 is 0 Å². The molecule has 42 heavy (non-hydrogen) atoms. The zero-order valence-electron chi connectivity index (χ0n) is 23.2. The van der Waals surface area contributed by atoms with Gasteiger partial charge in [0.05, 0.1) is 11.0 Å². The average molecular weight is 534 g/mol. The summed E-state index contributed by atoms with van der Waals surface area (Å²) in [6, 6.07) is 43.0. The first-order chi connectivity index (χ1) is 20.8. The Kier molecular flexibility index (Phi) is 5.89. The maximum Gasteiger partial charge on any atom is 0.145 e. The number of hydrogen-bond acceptors (Lipinski definition) is 1. The number of para-hydroxylation sites is 2. The lowest BCUT2D eigenvalue weighted by atomic mass is 9.85. The molecule has 0 bridgehead atoms. The van der Waals surface area contributed by atoms with Gasteiger partial charge in [0.1, 0.15) is 13.7 Å². The molecule has 1 aromatic heterocycles. The van der Waals surface area contributed by atoms with Gasteiger partial charge in [-0.1, -0.05) is 127 Å². The van der Waals surface area contributed by atoms with Crippen LogP contribution in [-0.2, 0) is 0 Å². The van der Waals surface area contributed by atoms with Crippen LogP contribution in [0.15, 0.2) is 140 Å². The molecule has 0 atom stereocenters. The minimum atomic E-state index is 0.772. The summed E-state index contributed by atoms with van der Waals surface area (Å²) in [6.45, 7) is 0. The van der Waals surface area contributed by atoms with E-state index >= 15 is 0 Å². The Morgan fingerprint density at radius 3 is 1.64 bits per heavy atom. The Morgan fingerprint density at radius 1 is 0.548 bits per heavy atom. The molecule has 8 rings (SSSR count). The fraction of sp³-hybridized carbons (Fsp3) is 0.0513. The Bertz CT molecular complexity index is 2120. The van der Waals surface area contributed by atoms with Gasteiger partial charge in [0.15, 0.2) is 0 Å². The summed E-state index contributed by atoms with van der Waals surface area (Å²) in [5.41, 5.74) is 10.0. The molecule has 196 valence electrons. The summed E-state index contributed by atoms with van der Waals surface area (Å²) in [6.07, 6.45) is 8.91. The Morgan fingerprint density at radius 2 is 1.07 bits per heavy atom. The standard InChI is InChI=1S/C39H27BN2/c40-29-24-22-27(23-25-29)38-33-14-6-4-12-31(33)37(32-13-5-7-15-34(32)38)26-18-20-28(21-19-26)39-41-35-16-8-9-17-36(35)42(39)30-10-2-1-3-11-30/h2,4-25H,1,3H2. The highest BCUT2D eigenvalue weighted by atomic mass is 15.1. The van der Waals surface area contributed by atoms with Gasteiger partial charge in [0, 0.05) is 11.3 Å². The molecule has 0 saturated carbocycles. The molecule has 2 nitrogen and oxygen atoms in total. The van der Waals surface area contributed by atoms with Crippen LogP contribution in [0, 0.1) is 0 Å². The van der Waals surface area contributed by atoms with Gasteiger partial charge < -0.3 is 0 Å². The van der Waals surface area contributed by atoms with Crippen molar-refractivity contribution in [2.24, 2.45) is 0 Å². The van der Waals surface area contributed by atoms with Gasteiger partial charge in [0.25, 0.3) is 0 Å². The van der Waals surface area contributed by atoms with E-state index in [9.17, 15) is 0 Å². The number of imidazole rings is 1. The zero-order chi connectivity index (χ0) is 28.0. The molecule has 0 amide bonds. The van der Waals surface area contributed by atoms with Crippen LogP contribution in [0.2, 0.25) is 0 Å². The number of allylic oxidation sites excluding steroid dienone is 4. The van der Waals surface area contributed by atoms with Crippen molar-refractivity contribution in [2.75, 3.05) is 0 Å². The quantitative estimate of drug-likeness (QED) is 0.163. The van der Waals surface area contributed by atoms with E-state index in [-0.39, 0.29) is 0 Å². The van der Waals surface area contributed by atoms with E-state index in [1.54, 1.807) is 0 Å². The molecular weight excluding hydrogens is 507 g/mol. The van der Waals surface area contributed by atoms with E-state index in [0.717, 1.165) is 40.7 Å². The van der Waals surface area contributed by atoms with Crippen molar-refractivity contribution >= 4 is 51.6 Å². The summed E-state index contributed by atoms with van der Waals surface area (Å²) >= 11 is 0. The van der Waals surface area contributed by atoms with Gasteiger partial charge in [-0.15, -0.1) is 0 Å². The summed E-state index contributed by atoms with van der Waals surface area (Å²) < 4.78 is 2.30. The predicted molar refractivity (Wildman–Crippen MR) is 179 cm³/mol. The topological polar surface area (TPSA) is 17.8 Å². The van der Waals surface area contributed by atoms with Gasteiger partial charge in [0.2, 0.25) is 0 Å². The van der Waals surface area contributed by atoms with Crippen molar-refractivity contribution in [3.63, 3.8) is 0 Å². The van der Waals surface area contributed by atoms with Crippen molar-refractivity contribution in [2.45, 2.75) is 12.8 Å². The highest BCUT2D eigenvalue weighted by Gasteiger charge is 2.18. The number of rotatable bonds is 4. The second-order valence-electron chi connectivity index (χ2n) is 10.9. The molecule has 0 saturated heterocycles. The first kappa shape index (κ1) is 24.6. The third-order valence-corrected chi connectivity index (χ3v) is 8.36. The zero-order valence-corrected chi connectivity index (χ0v) is 23.2. The molecule has 0 fully saturated rings. The highest BCUT2D eigenvalue weighted by molar-refractivity contribution is 6.32. The molecule has 1 heterocycles. The highest BCUT2D eigenvalue weighted by Crippen LogP contribution is 2.43. The van der Waals surface area contributed by atoms with Crippen molar-refractivity contribution in [3.8, 4) is 33.6 Å². The fourth-order valence-electron chi connectivity index (χ4n) is 6.43. The van der Waals surface area contributed by atoms with Crippen LogP contribution in [0.1, 0.15) is 12.8 Å². The van der Waals surface area contributed by atoms with Crippen molar-refractivity contribution in [1.82, 2.24) is 9.55 Å². The third kappa shape index (κ3) is 4.01. The summed E-state index contributed by atoms with van der Waals surface area (Å²) in [5.74, 6) is 0.967. The Labute approximate surface area is 246 Å². The lowest BCUT2D eigenvalue weighted by molar-refractivity contribution is 1.01. The van der Waals surface area contributed by atoms with Crippen LogP contribution in [0.3, 0.4) is 0 Å². The van der Waals surface area contributed by atoms with E-state index in [0.29, 0.717) is 0 Å². The normalized spacial score (nSPS) is 13.2. The van der Waals surface area contributed by atoms with E-state index < -0.39 is 0 Å². The lowest BCUT2D eigenvalue weighted by Gasteiger charge is -2.18. The predicted octanol–water partition coefficient (Wildman–Crippen LogP) is 9.33. The molecule has 3 heteroatoms. The van der Waals surface area contributed by atoms with Crippen LogP contribution in [0.4, 0.5) is 0 Å². The smallest absolute Gasteiger partial charge is 0.145 e. The van der Waals surface area contributed by atoms with E-state index in [4.69, 9.17) is 12.8 Å². The molecule has 0 unspecified atom stereocenters. The number of aromatic nitrogens is 2. The second kappa shape index (κ2) is 10.0. The van der Waals surface area contributed by atoms with Crippen LogP contribution < -0.4 is 5.46 Å². The van der Waals surface area contributed by atoms with Crippen LogP contribution in [-0.4, -0.2) is 17.4 Å². The van der Waals surface area contributed by atoms with Gasteiger partial charge in [-0.3, -0.25) is 4.57 Å². The van der Waals surface area contributed by atoms with Crippen LogP contribution in [0.5, 0.6) is 0 Å². The number of benzene rings is 6. The summed E-state index contributed by atoms with van der Waals surface area (Å²) in [5, 5.41) is 4.94. The maximum absolute atomic E-state index is 6.05. The molecule has 7 aromatic rings. The van der Waals surface area contributed by atoms with Crippen molar-refractivity contribution < 1.29 is 0 Å². The molecule has 6 aromatic carbocycles. The average Bonchev–Trinajstić information content (AvgIpc) is 3.44. The largest absolute Gasteiger partial charge is 0.293 e. The van der Waals surface area contributed by atoms with E-state index in [1.165, 1.54) is 49.5 Å². The van der Waals surface area contributed by atoms with Crippen LogP contribution >= 0.6 is 0 Å². The molecule has 0 aliphatic heterocycles. The maximum atomic E-state index is 6.05. The lowest BCUT2D eigenvalue weighted by Crippen LogP contribution is -2.00. The minimum absolute atomic E-state index is 0.772. The second-order valence-corrected chi connectivity index (χ2v) is 10.9. The number of fused-ring (bicyclic) bond motifs is 3. The molecule has 1 aliphatic carbocycles. The molecule has 0 spiro atoms. The van der Waals surface area contributed by atoms with Gasteiger partial charge in [-0.05, 0) is 74.8 Å². The molecular formula is C39H27BN2. The van der Waals surface area contributed by atoms with Gasteiger partial charge in [-0.25, -0.2) is 4.98 Å². The molecule has 1 aliphatic rings. The Hall–Kier alpha value is -5.15. The van der Waals surface area contributed by atoms with Crippen LogP contribution in [0.25, 0.3) is 71.9 Å². The summed E-state index contributed by atoms with van der Waals surface area (Å²) in [7, 11) is 6.05. The number of hydrogen-bond donors (Lipinski definition) is 0. The van der Waals surface area contributed by atoms with Crippen molar-refractivity contribution in [1.29, 1.82) is 0 Å². The van der Waals surface area contributed by atoms with Crippen molar-refractivity contribution in [3.05, 3.63) is 140 Å². The third-order valence-electron chi connectivity index (χ3n) is 8.36. The summed E-state index contributed by atoms with van der Waals surface area (Å²) in [4.78, 5) is 5.09. The first-order valence-corrected chi connectivity index (χ1v) is 14.5. The van der Waals surface area contributed by atoms with E-state index in [1.807, 2.05) is 12.1 Å². The monoisotopic (exact) mass is 534 g/mol. The SMILES string of the molecule is [B]c1ccc(-c2c3ccccc3c(-c3ccc(-c4nc5ccccc5n4C4=CCCC=C4)cc3)c3ccccc23)cc1. The Balaban J connectivity index is 1.33. The number of nitrogens with zero attached hydrogens (tertiary/aromatic N) is 2. The fourth-order valence-corrected chi connectivity index (χ4v) is 6.43. The minimum Gasteiger partial charge on any atom is -0.293 e. The first-order valence-electron chi connectivity index (χ1n) is 14.5. The van der Waals surface area contributed by atoms with E-state index in [2.05, 4.69) is 132 Å². The van der Waals surface area contributed by atoms with Gasteiger partial charge in [-0.2, -0.15) is 0 Å².